The number of likely N-dealkylation sites (tertiary alicyclic amines) is 1. The highest BCUT2D eigenvalue weighted by Crippen LogP contribution is 2.20. The number of nitrogens with zero attached hydrogens (tertiary/aromatic N) is 3. The number of guanidine groups is 1. The summed E-state index contributed by atoms with van der Waals surface area (Å²) >= 11 is 1.77. The Balaban J connectivity index is 0.00000363. The molecule has 1 saturated heterocycles. The van der Waals surface area contributed by atoms with Crippen LogP contribution in [0.25, 0.3) is 0 Å². The second kappa shape index (κ2) is 13.8. The van der Waals surface area contributed by atoms with E-state index in [4.69, 9.17) is 0 Å². The molecule has 1 amide bonds. The normalized spacial score (nSPS) is 19.2. The van der Waals surface area contributed by atoms with E-state index in [0.29, 0.717) is 12.1 Å². The Bertz CT molecular complexity index is 828. The number of likely N-dealkylation sites (N-methyl/N-ethyl adjacent to an activating group) is 1. The third-order valence-electron chi connectivity index (χ3n) is 5.70. The van der Waals surface area contributed by atoms with Gasteiger partial charge in [-0.05, 0) is 43.2 Å². The van der Waals surface area contributed by atoms with Gasteiger partial charge in [0.05, 0.1) is 0 Å². The van der Waals surface area contributed by atoms with Crippen LogP contribution in [-0.4, -0.2) is 67.5 Å². The van der Waals surface area contributed by atoms with Gasteiger partial charge in [0.15, 0.2) is 5.96 Å². The van der Waals surface area contributed by atoms with E-state index in [1.54, 1.807) is 30.3 Å². The van der Waals surface area contributed by atoms with Crippen molar-refractivity contribution in [3.8, 4) is 0 Å². The summed E-state index contributed by atoms with van der Waals surface area (Å²) in [4.78, 5) is 22.1. The molecule has 3 rings (SSSR count). The maximum Gasteiger partial charge on any atom is 0.243 e. The van der Waals surface area contributed by atoms with Crippen molar-refractivity contribution in [2.75, 3.05) is 33.7 Å². The Kier molecular flexibility index (Phi) is 11.5. The van der Waals surface area contributed by atoms with Gasteiger partial charge in [0.2, 0.25) is 5.91 Å². The van der Waals surface area contributed by atoms with Crippen LogP contribution in [0.3, 0.4) is 0 Å². The molecule has 1 aliphatic heterocycles. The molecule has 0 bridgehead atoms. The van der Waals surface area contributed by atoms with Gasteiger partial charge in [0.25, 0.3) is 0 Å². The van der Waals surface area contributed by atoms with E-state index in [1.807, 2.05) is 0 Å². The fourth-order valence-electron chi connectivity index (χ4n) is 3.80. The Hall–Kier alpha value is -1.65. The molecule has 0 spiro atoms. The van der Waals surface area contributed by atoms with Crippen LogP contribution in [0.5, 0.6) is 0 Å². The number of rotatable bonds is 8. The van der Waals surface area contributed by atoms with Gasteiger partial charge in [-0.1, -0.05) is 36.4 Å². The van der Waals surface area contributed by atoms with Crippen molar-refractivity contribution in [1.29, 1.82) is 0 Å². The van der Waals surface area contributed by atoms with Crippen molar-refractivity contribution < 1.29 is 4.79 Å². The first kappa shape index (κ1) is 26.6. The number of benzene rings is 1. The summed E-state index contributed by atoms with van der Waals surface area (Å²) in [6.07, 6.45) is 3.07. The number of hydrogen-bond donors (Lipinski definition) is 2. The molecule has 6 nitrogen and oxygen atoms in total. The standard InChI is InChI=1S/C24H35N5OS.HI/c1-19-16-21(12-14-29(19)18-20-8-5-4-6-9-20)27-24(26-17-23(30)28(2)3)25-13-11-22-10-7-15-31-22;/h4-10,15,19,21H,11-14,16-18H2,1-3H3,(H2,25,26,27);1H. The summed E-state index contributed by atoms with van der Waals surface area (Å²) in [5, 5.41) is 9.12. The molecule has 176 valence electrons. The van der Waals surface area contributed by atoms with Crippen molar-refractivity contribution in [2.45, 2.75) is 44.8 Å². The van der Waals surface area contributed by atoms with E-state index in [9.17, 15) is 4.79 Å². The minimum absolute atomic E-state index is 0. The Labute approximate surface area is 213 Å². The predicted octanol–water partition coefficient (Wildman–Crippen LogP) is 3.59. The van der Waals surface area contributed by atoms with Crippen LogP contribution in [0.2, 0.25) is 0 Å². The lowest BCUT2D eigenvalue weighted by atomic mass is 9.97. The molecule has 2 heterocycles. The smallest absolute Gasteiger partial charge is 0.243 e. The zero-order valence-corrected chi connectivity index (χ0v) is 22.4. The third kappa shape index (κ3) is 8.71. The highest BCUT2D eigenvalue weighted by molar-refractivity contribution is 14.0. The monoisotopic (exact) mass is 569 g/mol. The lowest BCUT2D eigenvalue weighted by molar-refractivity contribution is -0.127. The maximum absolute atomic E-state index is 12.0. The van der Waals surface area contributed by atoms with E-state index >= 15 is 0 Å². The number of nitrogens with one attached hydrogen (secondary N) is 2. The molecule has 32 heavy (non-hydrogen) atoms. The molecular weight excluding hydrogens is 533 g/mol. The second-order valence-electron chi connectivity index (χ2n) is 8.38. The third-order valence-corrected chi connectivity index (χ3v) is 6.63. The number of carbonyl (C=O) groups is 1. The van der Waals surface area contributed by atoms with Gasteiger partial charge in [-0.15, -0.1) is 35.3 Å². The minimum atomic E-state index is 0. The van der Waals surface area contributed by atoms with Gasteiger partial charge in [0.1, 0.15) is 6.54 Å². The van der Waals surface area contributed by atoms with Crippen LogP contribution >= 0.6 is 35.3 Å². The molecule has 8 heteroatoms. The summed E-state index contributed by atoms with van der Waals surface area (Å²) < 4.78 is 0. The number of halogens is 1. The molecule has 2 N–H and O–H groups in total. The van der Waals surface area contributed by atoms with Gasteiger partial charge < -0.3 is 15.5 Å². The average molecular weight is 570 g/mol. The first-order chi connectivity index (χ1) is 15.0. The Morgan fingerprint density at radius 1 is 1.22 bits per heavy atom. The van der Waals surface area contributed by atoms with Gasteiger partial charge >= 0.3 is 0 Å². The van der Waals surface area contributed by atoms with Crippen LogP contribution in [0, 0.1) is 0 Å². The molecule has 2 atom stereocenters. The molecule has 1 aromatic heterocycles. The summed E-state index contributed by atoms with van der Waals surface area (Å²) in [7, 11) is 3.53. The van der Waals surface area contributed by atoms with Crippen molar-refractivity contribution in [1.82, 2.24) is 20.4 Å². The topological polar surface area (TPSA) is 60.0 Å². The van der Waals surface area contributed by atoms with E-state index < -0.39 is 0 Å². The van der Waals surface area contributed by atoms with Gasteiger partial charge in [0, 0.05) is 50.7 Å². The van der Waals surface area contributed by atoms with Crippen LogP contribution in [0.4, 0.5) is 0 Å². The zero-order chi connectivity index (χ0) is 22.1. The van der Waals surface area contributed by atoms with E-state index in [2.05, 4.69) is 75.3 Å². The molecule has 2 unspecified atom stereocenters. The number of thiophene rings is 1. The number of carbonyl (C=O) groups excluding carboxylic acids is 1. The predicted molar refractivity (Wildman–Crippen MR) is 145 cm³/mol. The zero-order valence-electron chi connectivity index (χ0n) is 19.3. The van der Waals surface area contributed by atoms with Gasteiger partial charge in [-0.25, -0.2) is 4.99 Å². The molecule has 1 aromatic carbocycles. The van der Waals surface area contributed by atoms with E-state index in [1.165, 1.54) is 10.4 Å². The van der Waals surface area contributed by atoms with Crippen molar-refractivity contribution in [3.05, 3.63) is 58.3 Å². The fraction of sp³-hybridized carbons (Fsp3) is 0.500. The number of aliphatic imine (C=N–C) groups is 1. The van der Waals surface area contributed by atoms with Crippen LogP contribution in [-0.2, 0) is 17.8 Å². The van der Waals surface area contributed by atoms with Crippen molar-refractivity contribution in [2.24, 2.45) is 4.99 Å². The van der Waals surface area contributed by atoms with Crippen LogP contribution < -0.4 is 10.6 Å². The molecule has 2 aromatic rings. The van der Waals surface area contributed by atoms with Crippen LogP contribution in [0.1, 0.15) is 30.2 Å². The highest BCUT2D eigenvalue weighted by atomic mass is 127. The van der Waals surface area contributed by atoms with E-state index in [-0.39, 0.29) is 36.4 Å². The molecule has 0 saturated carbocycles. The van der Waals surface area contributed by atoms with Crippen molar-refractivity contribution in [3.63, 3.8) is 0 Å². The summed E-state index contributed by atoms with van der Waals surface area (Å²) in [6.45, 7) is 5.29. The first-order valence-corrected chi connectivity index (χ1v) is 11.9. The fourth-order valence-corrected chi connectivity index (χ4v) is 4.51. The molecule has 0 aliphatic carbocycles. The second-order valence-corrected chi connectivity index (χ2v) is 9.41. The lowest BCUT2D eigenvalue weighted by Crippen LogP contribution is -2.51. The Morgan fingerprint density at radius 3 is 2.66 bits per heavy atom. The SMILES string of the molecule is CC1CC(NC(=NCC(=O)N(C)C)NCCc2cccs2)CCN1Cc1ccccc1.I. The summed E-state index contributed by atoms with van der Waals surface area (Å²) in [5.41, 5.74) is 1.36. The highest BCUT2D eigenvalue weighted by Gasteiger charge is 2.26. The average Bonchev–Trinajstić information content (AvgIpc) is 3.27. The summed E-state index contributed by atoms with van der Waals surface area (Å²) in [5.74, 6) is 0.742. The molecule has 1 fully saturated rings. The number of amides is 1. The van der Waals surface area contributed by atoms with Crippen LogP contribution in [0.15, 0.2) is 52.8 Å². The molecule has 1 aliphatic rings. The lowest BCUT2D eigenvalue weighted by Gasteiger charge is -2.38. The Morgan fingerprint density at radius 2 is 2.00 bits per heavy atom. The van der Waals surface area contributed by atoms with Crippen molar-refractivity contribution >= 4 is 47.2 Å². The largest absolute Gasteiger partial charge is 0.356 e. The minimum Gasteiger partial charge on any atom is -0.356 e. The molecule has 0 radical (unpaired) electrons. The van der Waals surface area contributed by atoms with Gasteiger partial charge in [-0.2, -0.15) is 0 Å². The first-order valence-electron chi connectivity index (χ1n) is 11.1. The maximum atomic E-state index is 12.0. The number of piperidine rings is 1. The quantitative estimate of drug-likeness (QED) is 0.290. The number of hydrogen-bond acceptors (Lipinski definition) is 4. The van der Waals surface area contributed by atoms with E-state index in [0.717, 1.165) is 44.9 Å². The summed E-state index contributed by atoms with van der Waals surface area (Å²) in [6, 6.07) is 15.7. The van der Waals surface area contributed by atoms with Gasteiger partial charge in [-0.3, -0.25) is 9.69 Å². The molecular formula is C24H36IN5OS.